The zero-order valence-electron chi connectivity index (χ0n) is 14.2. The molecule has 1 fully saturated rings. The minimum Gasteiger partial charge on any atom is -0.369 e. The third-order valence-electron chi connectivity index (χ3n) is 4.17. The molecule has 1 aromatic carbocycles. The Labute approximate surface area is 174 Å². The highest BCUT2D eigenvalue weighted by Crippen LogP contribution is 2.22. The van der Waals surface area contributed by atoms with Crippen LogP contribution in [-0.2, 0) is 6.54 Å². The summed E-state index contributed by atoms with van der Waals surface area (Å²) >= 11 is 3.49. The molecular weight excluding hydrogens is 495 g/mol. The van der Waals surface area contributed by atoms with Crippen molar-refractivity contribution in [2.24, 2.45) is 4.99 Å². The third kappa shape index (κ3) is 5.88. The van der Waals surface area contributed by atoms with Gasteiger partial charge in [0.2, 0.25) is 0 Å². The minimum atomic E-state index is 0. The van der Waals surface area contributed by atoms with Gasteiger partial charge >= 0.3 is 0 Å². The second-order valence-corrected chi connectivity index (χ2v) is 6.77. The minimum absolute atomic E-state index is 0. The molecule has 1 atom stereocenters. The highest BCUT2D eigenvalue weighted by molar-refractivity contribution is 14.0. The van der Waals surface area contributed by atoms with Gasteiger partial charge in [0.15, 0.2) is 5.96 Å². The van der Waals surface area contributed by atoms with Crippen LogP contribution in [0.3, 0.4) is 0 Å². The molecule has 136 valence electrons. The topological polar surface area (TPSA) is 57.5 Å². The van der Waals surface area contributed by atoms with E-state index in [0.717, 1.165) is 43.0 Å². The molecule has 6 nitrogen and oxygen atoms in total. The van der Waals surface area contributed by atoms with Crippen LogP contribution in [0.4, 0.5) is 5.69 Å². The second-order valence-electron chi connectivity index (χ2n) is 5.85. The van der Waals surface area contributed by atoms with E-state index in [0.29, 0.717) is 6.04 Å². The summed E-state index contributed by atoms with van der Waals surface area (Å²) in [5.74, 6) is 0.859. The molecular formula is C17H24BrIN6. The van der Waals surface area contributed by atoms with Gasteiger partial charge in [-0.2, -0.15) is 0 Å². The quantitative estimate of drug-likeness (QED) is 0.363. The van der Waals surface area contributed by atoms with Gasteiger partial charge in [0.1, 0.15) is 0 Å². The molecule has 2 heterocycles. The summed E-state index contributed by atoms with van der Waals surface area (Å²) in [7, 11) is 1.81. The van der Waals surface area contributed by atoms with Crippen molar-refractivity contribution in [1.82, 2.24) is 20.2 Å². The number of aromatic nitrogens is 2. The zero-order valence-corrected chi connectivity index (χ0v) is 18.1. The normalized spacial score (nSPS) is 17.3. The molecule has 0 spiro atoms. The number of aliphatic imine (C=N–C) groups is 1. The van der Waals surface area contributed by atoms with Gasteiger partial charge in [0.05, 0.1) is 6.33 Å². The van der Waals surface area contributed by atoms with E-state index in [1.54, 1.807) is 6.20 Å². The molecule has 1 aliphatic heterocycles. The van der Waals surface area contributed by atoms with E-state index in [-0.39, 0.29) is 24.0 Å². The van der Waals surface area contributed by atoms with Gasteiger partial charge in [-0.15, -0.1) is 24.0 Å². The Hall–Kier alpha value is -1.29. The number of benzene rings is 1. The molecule has 0 radical (unpaired) electrons. The van der Waals surface area contributed by atoms with E-state index in [2.05, 4.69) is 65.7 Å². The molecule has 0 bridgehead atoms. The fourth-order valence-corrected chi connectivity index (χ4v) is 3.14. The standard InChI is InChI=1S/C17H23BrN6.HI/c1-19-17(21-8-11-23-10-7-20-13-23)22-15-6-9-24(12-15)16-4-2-14(18)3-5-16;/h2-5,7,10,13,15H,6,8-9,11-12H2,1H3,(H2,19,21,22);1H. The number of rotatable bonds is 5. The molecule has 0 amide bonds. The average Bonchev–Trinajstić information content (AvgIpc) is 3.26. The number of hydrogen-bond donors (Lipinski definition) is 2. The molecule has 2 N–H and O–H groups in total. The van der Waals surface area contributed by atoms with Crippen molar-refractivity contribution >= 4 is 51.6 Å². The summed E-state index contributed by atoms with van der Waals surface area (Å²) < 4.78 is 3.16. The summed E-state index contributed by atoms with van der Waals surface area (Å²) in [6.07, 6.45) is 6.69. The highest BCUT2D eigenvalue weighted by Gasteiger charge is 2.23. The lowest BCUT2D eigenvalue weighted by atomic mass is 10.3. The number of anilines is 1. The number of nitrogens with one attached hydrogen (secondary N) is 2. The van der Waals surface area contributed by atoms with Crippen LogP contribution in [0.15, 0.2) is 52.5 Å². The van der Waals surface area contributed by atoms with Crippen LogP contribution in [0.1, 0.15) is 6.42 Å². The Bertz CT molecular complexity index is 658. The van der Waals surface area contributed by atoms with Crippen LogP contribution in [0.2, 0.25) is 0 Å². The summed E-state index contributed by atoms with van der Waals surface area (Å²) in [6.45, 7) is 3.74. The molecule has 3 rings (SSSR count). The second kappa shape index (κ2) is 10.0. The first-order valence-electron chi connectivity index (χ1n) is 8.18. The van der Waals surface area contributed by atoms with Gasteiger partial charge in [-0.05, 0) is 30.7 Å². The van der Waals surface area contributed by atoms with Crippen molar-refractivity contribution in [3.63, 3.8) is 0 Å². The lowest BCUT2D eigenvalue weighted by molar-refractivity contribution is 0.625. The molecule has 8 heteroatoms. The van der Waals surface area contributed by atoms with Crippen molar-refractivity contribution in [1.29, 1.82) is 0 Å². The number of guanidine groups is 1. The Morgan fingerprint density at radius 2 is 2.16 bits per heavy atom. The first-order chi connectivity index (χ1) is 11.7. The van der Waals surface area contributed by atoms with Crippen molar-refractivity contribution in [3.05, 3.63) is 47.5 Å². The molecule has 0 aliphatic carbocycles. The van der Waals surface area contributed by atoms with Gasteiger partial charge in [-0.3, -0.25) is 4.99 Å². The van der Waals surface area contributed by atoms with Crippen LogP contribution in [0, 0.1) is 0 Å². The fourth-order valence-electron chi connectivity index (χ4n) is 2.87. The van der Waals surface area contributed by atoms with Crippen LogP contribution in [-0.4, -0.2) is 48.2 Å². The molecule has 1 saturated heterocycles. The van der Waals surface area contributed by atoms with Crippen molar-refractivity contribution in [3.8, 4) is 0 Å². The lowest BCUT2D eigenvalue weighted by Crippen LogP contribution is -2.45. The molecule has 2 aromatic rings. The summed E-state index contributed by atoms with van der Waals surface area (Å²) in [4.78, 5) is 10.8. The Balaban J connectivity index is 0.00000225. The third-order valence-corrected chi connectivity index (χ3v) is 4.69. The Morgan fingerprint density at radius 3 is 2.84 bits per heavy atom. The average molecular weight is 519 g/mol. The summed E-state index contributed by atoms with van der Waals surface area (Å²) in [5, 5.41) is 6.88. The summed E-state index contributed by atoms with van der Waals surface area (Å²) in [5.41, 5.74) is 1.27. The first-order valence-corrected chi connectivity index (χ1v) is 8.97. The molecule has 1 aliphatic rings. The van der Waals surface area contributed by atoms with E-state index in [1.165, 1.54) is 5.69 Å². The van der Waals surface area contributed by atoms with Crippen molar-refractivity contribution < 1.29 is 0 Å². The van der Waals surface area contributed by atoms with Crippen LogP contribution in [0.25, 0.3) is 0 Å². The zero-order chi connectivity index (χ0) is 16.8. The lowest BCUT2D eigenvalue weighted by Gasteiger charge is -2.20. The fraction of sp³-hybridized carbons (Fsp3) is 0.412. The molecule has 1 aromatic heterocycles. The first kappa shape index (κ1) is 20.0. The number of hydrogen-bond acceptors (Lipinski definition) is 3. The largest absolute Gasteiger partial charge is 0.369 e. The van der Waals surface area contributed by atoms with Gasteiger partial charge in [-0.1, -0.05) is 15.9 Å². The molecule has 0 saturated carbocycles. The van der Waals surface area contributed by atoms with Crippen LogP contribution in [0.5, 0.6) is 0 Å². The molecule has 25 heavy (non-hydrogen) atoms. The predicted molar refractivity (Wildman–Crippen MR) is 117 cm³/mol. The van der Waals surface area contributed by atoms with E-state index in [9.17, 15) is 0 Å². The molecule has 1 unspecified atom stereocenters. The van der Waals surface area contributed by atoms with Gasteiger partial charge < -0.3 is 20.1 Å². The maximum absolute atomic E-state index is 4.32. The predicted octanol–water partition coefficient (Wildman–Crippen LogP) is 2.71. The van der Waals surface area contributed by atoms with Gasteiger partial charge in [0, 0.05) is 61.8 Å². The summed E-state index contributed by atoms with van der Waals surface area (Å²) in [6, 6.07) is 8.90. The van der Waals surface area contributed by atoms with E-state index in [1.807, 2.05) is 24.1 Å². The van der Waals surface area contributed by atoms with E-state index < -0.39 is 0 Å². The van der Waals surface area contributed by atoms with Gasteiger partial charge in [-0.25, -0.2) is 4.98 Å². The van der Waals surface area contributed by atoms with Crippen LogP contribution < -0.4 is 15.5 Å². The number of imidazole rings is 1. The Kier molecular flexibility index (Phi) is 8.01. The van der Waals surface area contributed by atoms with Gasteiger partial charge in [0.25, 0.3) is 0 Å². The van der Waals surface area contributed by atoms with Crippen molar-refractivity contribution in [2.75, 3.05) is 31.6 Å². The van der Waals surface area contributed by atoms with Crippen molar-refractivity contribution in [2.45, 2.75) is 19.0 Å². The van der Waals surface area contributed by atoms with E-state index >= 15 is 0 Å². The smallest absolute Gasteiger partial charge is 0.191 e. The highest BCUT2D eigenvalue weighted by atomic mass is 127. The van der Waals surface area contributed by atoms with Crippen LogP contribution >= 0.6 is 39.9 Å². The maximum atomic E-state index is 4.32. The Morgan fingerprint density at radius 1 is 1.36 bits per heavy atom. The van der Waals surface area contributed by atoms with E-state index in [4.69, 9.17) is 0 Å². The maximum Gasteiger partial charge on any atom is 0.191 e. The number of nitrogens with zero attached hydrogens (tertiary/aromatic N) is 4. The SMILES string of the molecule is CN=C(NCCn1ccnc1)NC1CCN(c2ccc(Br)cc2)C1.I. The number of halogens is 2. The monoisotopic (exact) mass is 518 g/mol.